The summed E-state index contributed by atoms with van der Waals surface area (Å²) in [7, 11) is 1.78. The Morgan fingerprint density at radius 2 is 2.40 bits per heavy atom. The summed E-state index contributed by atoms with van der Waals surface area (Å²) in [6.45, 7) is 1.71. The van der Waals surface area contributed by atoms with Gasteiger partial charge < -0.3 is 14.7 Å². The van der Waals surface area contributed by atoms with E-state index in [2.05, 4.69) is 0 Å². The number of carbonyl (C=O) groups is 2. The standard InChI is InChI=1S/C14H17NO4S/c1-15(14(18)11-4-5-19-8-11)7-10-6-12(20-9-10)2-3-13(16)17/h2-3,6,9,11H,4-5,7-8H2,1H3,(H,16,17). The van der Waals surface area contributed by atoms with Gasteiger partial charge in [-0.2, -0.15) is 0 Å². The normalized spacial score (nSPS) is 18.6. The van der Waals surface area contributed by atoms with Gasteiger partial charge in [-0.3, -0.25) is 4.79 Å². The number of carboxylic acid groups (broad SMARTS) is 1. The van der Waals surface area contributed by atoms with Crippen molar-refractivity contribution in [1.82, 2.24) is 4.90 Å². The van der Waals surface area contributed by atoms with Crippen molar-refractivity contribution < 1.29 is 19.4 Å². The van der Waals surface area contributed by atoms with Gasteiger partial charge in [-0.05, 0) is 29.5 Å². The van der Waals surface area contributed by atoms with Gasteiger partial charge in [0.15, 0.2) is 0 Å². The Hall–Kier alpha value is -1.66. The fourth-order valence-corrected chi connectivity index (χ4v) is 2.91. The van der Waals surface area contributed by atoms with Gasteiger partial charge in [-0.25, -0.2) is 4.79 Å². The molecule has 0 radical (unpaired) electrons. The van der Waals surface area contributed by atoms with E-state index < -0.39 is 5.97 Å². The van der Waals surface area contributed by atoms with Crippen molar-refractivity contribution in [3.8, 4) is 0 Å². The van der Waals surface area contributed by atoms with Crippen molar-refractivity contribution in [3.05, 3.63) is 28.0 Å². The van der Waals surface area contributed by atoms with Crippen molar-refractivity contribution in [3.63, 3.8) is 0 Å². The van der Waals surface area contributed by atoms with E-state index >= 15 is 0 Å². The molecule has 1 amide bonds. The van der Waals surface area contributed by atoms with Gasteiger partial charge in [0.05, 0.1) is 12.5 Å². The second-order valence-electron chi connectivity index (χ2n) is 4.78. The molecule has 0 aliphatic carbocycles. The minimum absolute atomic E-state index is 0.0231. The first-order chi connectivity index (χ1) is 9.56. The molecule has 1 aliphatic rings. The van der Waals surface area contributed by atoms with E-state index in [0.29, 0.717) is 19.8 Å². The van der Waals surface area contributed by atoms with Crippen molar-refractivity contribution in [1.29, 1.82) is 0 Å². The van der Waals surface area contributed by atoms with Crippen LogP contribution in [0.4, 0.5) is 0 Å². The molecule has 0 spiro atoms. The zero-order valence-corrected chi connectivity index (χ0v) is 12.1. The van der Waals surface area contributed by atoms with Gasteiger partial charge in [-0.15, -0.1) is 11.3 Å². The Kier molecular flexibility index (Phi) is 4.92. The Morgan fingerprint density at radius 1 is 1.60 bits per heavy atom. The molecule has 108 valence electrons. The summed E-state index contributed by atoms with van der Waals surface area (Å²) in [6.07, 6.45) is 3.46. The van der Waals surface area contributed by atoms with Gasteiger partial charge in [0.1, 0.15) is 0 Å². The third-order valence-electron chi connectivity index (χ3n) is 3.14. The van der Waals surface area contributed by atoms with Crippen LogP contribution in [0.5, 0.6) is 0 Å². The lowest BCUT2D eigenvalue weighted by Crippen LogP contribution is -2.32. The van der Waals surface area contributed by atoms with E-state index in [4.69, 9.17) is 9.84 Å². The van der Waals surface area contributed by atoms with Crippen LogP contribution in [0.3, 0.4) is 0 Å². The molecule has 2 rings (SSSR count). The Labute approximate surface area is 121 Å². The fourth-order valence-electron chi connectivity index (χ4n) is 2.11. The van der Waals surface area contributed by atoms with Gasteiger partial charge in [0, 0.05) is 31.2 Å². The van der Waals surface area contributed by atoms with E-state index in [1.807, 2.05) is 11.4 Å². The van der Waals surface area contributed by atoms with E-state index in [1.54, 1.807) is 18.0 Å². The summed E-state index contributed by atoms with van der Waals surface area (Å²) in [4.78, 5) is 25.1. The lowest BCUT2D eigenvalue weighted by Gasteiger charge is -2.19. The van der Waals surface area contributed by atoms with Gasteiger partial charge in [0.25, 0.3) is 0 Å². The molecule has 1 unspecified atom stereocenters. The molecule has 2 heterocycles. The molecule has 1 aliphatic heterocycles. The lowest BCUT2D eigenvalue weighted by atomic mass is 10.1. The Bertz CT molecular complexity index is 517. The summed E-state index contributed by atoms with van der Waals surface area (Å²) in [5.41, 5.74) is 1.01. The average Bonchev–Trinajstić information content (AvgIpc) is 3.06. The van der Waals surface area contributed by atoms with Gasteiger partial charge in [0.2, 0.25) is 5.91 Å². The van der Waals surface area contributed by atoms with E-state index in [-0.39, 0.29) is 11.8 Å². The minimum atomic E-state index is -0.964. The maximum absolute atomic E-state index is 12.1. The second-order valence-corrected chi connectivity index (χ2v) is 5.73. The van der Waals surface area contributed by atoms with Crippen LogP contribution in [0.25, 0.3) is 6.08 Å². The van der Waals surface area contributed by atoms with Crippen LogP contribution >= 0.6 is 11.3 Å². The van der Waals surface area contributed by atoms with Crippen molar-refractivity contribution in [2.75, 3.05) is 20.3 Å². The zero-order valence-electron chi connectivity index (χ0n) is 11.2. The predicted octanol–water partition coefficient (Wildman–Crippen LogP) is 1.84. The summed E-state index contributed by atoms with van der Waals surface area (Å²) in [5, 5.41) is 10.5. The Morgan fingerprint density at radius 3 is 3.05 bits per heavy atom. The molecule has 1 N–H and O–H groups in total. The van der Waals surface area contributed by atoms with E-state index in [9.17, 15) is 9.59 Å². The minimum Gasteiger partial charge on any atom is -0.478 e. The summed E-state index contributed by atoms with van der Waals surface area (Å²) >= 11 is 1.46. The summed E-state index contributed by atoms with van der Waals surface area (Å²) < 4.78 is 5.23. The van der Waals surface area contributed by atoms with Crippen LogP contribution in [0.15, 0.2) is 17.5 Å². The molecule has 0 aromatic carbocycles. The molecule has 20 heavy (non-hydrogen) atoms. The maximum Gasteiger partial charge on any atom is 0.328 e. The Balaban J connectivity index is 1.92. The smallest absolute Gasteiger partial charge is 0.328 e. The molecule has 1 fully saturated rings. The fraction of sp³-hybridized carbons (Fsp3) is 0.429. The van der Waals surface area contributed by atoms with Crippen LogP contribution in [-0.2, 0) is 20.9 Å². The number of hydrogen-bond donors (Lipinski definition) is 1. The monoisotopic (exact) mass is 295 g/mol. The number of nitrogens with zero attached hydrogens (tertiary/aromatic N) is 1. The summed E-state index contributed by atoms with van der Waals surface area (Å²) in [6, 6.07) is 1.90. The number of hydrogen-bond acceptors (Lipinski definition) is 4. The first-order valence-electron chi connectivity index (χ1n) is 6.37. The third-order valence-corrected chi connectivity index (χ3v) is 4.09. The molecule has 0 bridgehead atoms. The second kappa shape index (κ2) is 6.67. The molecule has 1 aromatic heterocycles. The number of carboxylic acids is 1. The highest BCUT2D eigenvalue weighted by Crippen LogP contribution is 2.20. The van der Waals surface area contributed by atoms with Crippen LogP contribution in [0, 0.1) is 5.92 Å². The number of aliphatic carboxylic acids is 1. The van der Waals surface area contributed by atoms with Crippen LogP contribution < -0.4 is 0 Å². The van der Waals surface area contributed by atoms with Crippen LogP contribution in [0.1, 0.15) is 16.9 Å². The molecule has 0 saturated carbocycles. The van der Waals surface area contributed by atoms with Crippen molar-refractivity contribution in [2.45, 2.75) is 13.0 Å². The number of amides is 1. The highest BCUT2D eigenvalue weighted by atomic mass is 32.1. The SMILES string of the molecule is CN(Cc1csc(C=CC(=O)O)c1)C(=O)C1CCOC1. The highest BCUT2D eigenvalue weighted by molar-refractivity contribution is 7.11. The van der Waals surface area contributed by atoms with Crippen molar-refractivity contribution in [2.24, 2.45) is 5.92 Å². The van der Waals surface area contributed by atoms with E-state index in [0.717, 1.165) is 22.9 Å². The highest BCUT2D eigenvalue weighted by Gasteiger charge is 2.26. The van der Waals surface area contributed by atoms with Crippen LogP contribution in [-0.4, -0.2) is 42.1 Å². The average molecular weight is 295 g/mol. The number of thiophene rings is 1. The third kappa shape index (κ3) is 3.91. The number of ether oxygens (including phenoxy) is 1. The zero-order chi connectivity index (χ0) is 14.5. The first kappa shape index (κ1) is 14.7. The van der Waals surface area contributed by atoms with Crippen LogP contribution in [0.2, 0.25) is 0 Å². The molecular formula is C14H17NO4S. The molecule has 1 atom stereocenters. The lowest BCUT2D eigenvalue weighted by molar-refractivity contribution is -0.134. The quantitative estimate of drug-likeness (QED) is 0.842. The van der Waals surface area contributed by atoms with Crippen molar-refractivity contribution >= 4 is 29.3 Å². The molecular weight excluding hydrogens is 278 g/mol. The van der Waals surface area contributed by atoms with Gasteiger partial charge in [-0.1, -0.05) is 0 Å². The van der Waals surface area contributed by atoms with Gasteiger partial charge >= 0.3 is 5.97 Å². The first-order valence-corrected chi connectivity index (χ1v) is 7.25. The summed E-state index contributed by atoms with van der Waals surface area (Å²) in [5.74, 6) is -0.880. The number of carbonyl (C=O) groups excluding carboxylic acids is 1. The maximum atomic E-state index is 12.1. The topological polar surface area (TPSA) is 66.8 Å². The number of rotatable bonds is 5. The molecule has 6 heteroatoms. The van der Waals surface area contributed by atoms with E-state index in [1.165, 1.54) is 11.3 Å². The molecule has 1 aromatic rings. The largest absolute Gasteiger partial charge is 0.478 e. The molecule has 5 nitrogen and oxygen atoms in total. The predicted molar refractivity (Wildman–Crippen MR) is 76.4 cm³/mol. The molecule has 1 saturated heterocycles.